The number of aliphatic hydroxyl groups excluding tert-OH is 1. The Morgan fingerprint density at radius 1 is 1.35 bits per heavy atom. The van der Waals surface area contributed by atoms with Gasteiger partial charge in [-0.05, 0) is 37.3 Å². The number of hydrogen-bond acceptors (Lipinski definition) is 3. The van der Waals surface area contributed by atoms with Crippen LogP contribution in [0.4, 0.5) is 0 Å². The van der Waals surface area contributed by atoms with E-state index in [0.717, 1.165) is 19.3 Å². The molecule has 0 amide bonds. The number of benzene rings is 1. The molecule has 2 saturated carbocycles. The molecule has 1 unspecified atom stereocenters. The number of fused-ring (bicyclic) bond motifs is 1. The highest BCUT2D eigenvalue weighted by atomic mass is 16.5. The first kappa shape index (κ1) is 10.8. The van der Waals surface area contributed by atoms with Crippen molar-refractivity contribution >= 4 is 5.97 Å². The van der Waals surface area contributed by atoms with Crippen LogP contribution in [0.25, 0.3) is 0 Å². The number of rotatable bonds is 3. The van der Waals surface area contributed by atoms with Gasteiger partial charge in [0.05, 0.1) is 18.3 Å². The van der Waals surface area contributed by atoms with Gasteiger partial charge in [0.1, 0.15) is 0 Å². The van der Waals surface area contributed by atoms with Crippen LogP contribution in [0.2, 0.25) is 0 Å². The summed E-state index contributed by atoms with van der Waals surface area (Å²) in [5.74, 6) is 0.313. The van der Waals surface area contributed by atoms with Crippen LogP contribution in [0.15, 0.2) is 30.3 Å². The quantitative estimate of drug-likeness (QED) is 0.811. The highest BCUT2D eigenvalue weighted by molar-refractivity contribution is 5.89. The molecule has 90 valence electrons. The van der Waals surface area contributed by atoms with Gasteiger partial charge in [-0.1, -0.05) is 18.2 Å². The van der Waals surface area contributed by atoms with Crippen LogP contribution in [0.1, 0.15) is 29.6 Å². The average Bonchev–Trinajstić information content (AvgIpc) is 2.90. The SMILES string of the molecule is O=C(OC[C@@]12CC(O)C[C@@H]1C2)c1ccccc1. The summed E-state index contributed by atoms with van der Waals surface area (Å²) in [6.07, 6.45) is 2.58. The molecule has 3 heteroatoms. The summed E-state index contributed by atoms with van der Waals surface area (Å²) in [6.45, 7) is 0.461. The van der Waals surface area contributed by atoms with Crippen LogP contribution < -0.4 is 0 Å². The summed E-state index contributed by atoms with van der Waals surface area (Å²) in [4.78, 5) is 11.8. The Kier molecular flexibility index (Phi) is 2.44. The molecule has 1 aromatic rings. The number of carbonyl (C=O) groups excluding carboxylic acids is 1. The lowest BCUT2D eigenvalue weighted by molar-refractivity contribution is 0.0385. The van der Waals surface area contributed by atoms with Gasteiger partial charge in [0, 0.05) is 5.41 Å². The summed E-state index contributed by atoms with van der Waals surface area (Å²) < 4.78 is 5.35. The van der Waals surface area contributed by atoms with Crippen LogP contribution in [0, 0.1) is 11.3 Å². The molecule has 0 saturated heterocycles. The maximum absolute atomic E-state index is 11.8. The fourth-order valence-corrected chi connectivity index (χ4v) is 3.00. The minimum absolute atomic E-state index is 0.101. The predicted molar refractivity (Wildman–Crippen MR) is 62.5 cm³/mol. The first-order valence-electron chi connectivity index (χ1n) is 6.10. The number of hydrogen-bond donors (Lipinski definition) is 1. The van der Waals surface area contributed by atoms with Crippen molar-refractivity contribution in [3.05, 3.63) is 35.9 Å². The average molecular weight is 232 g/mol. The molecule has 0 radical (unpaired) electrons. The summed E-state index contributed by atoms with van der Waals surface area (Å²) in [6, 6.07) is 9.05. The molecular formula is C14H16O3. The summed E-state index contributed by atoms with van der Waals surface area (Å²) in [7, 11) is 0. The van der Waals surface area contributed by atoms with Crippen LogP contribution in [-0.2, 0) is 4.74 Å². The molecule has 17 heavy (non-hydrogen) atoms. The van der Waals surface area contributed by atoms with Crippen molar-refractivity contribution in [2.75, 3.05) is 6.61 Å². The van der Waals surface area contributed by atoms with Gasteiger partial charge in [-0.3, -0.25) is 0 Å². The monoisotopic (exact) mass is 232 g/mol. The van der Waals surface area contributed by atoms with E-state index >= 15 is 0 Å². The summed E-state index contributed by atoms with van der Waals surface area (Å²) in [5.41, 5.74) is 0.698. The zero-order valence-electron chi connectivity index (χ0n) is 9.63. The van der Waals surface area contributed by atoms with Gasteiger partial charge in [0.2, 0.25) is 0 Å². The second-order valence-electron chi connectivity index (χ2n) is 5.30. The maximum atomic E-state index is 11.8. The Balaban J connectivity index is 1.57. The number of carbonyl (C=O) groups is 1. The smallest absolute Gasteiger partial charge is 0.338 e. The van der Waals surface area contributed by atoms with Gasteiger partial charge in [-0.2, -0.15) is 0 Å². The molecule has 0 spiro atoms. The van der Waals surface area contributed by atoms with Crippen molar-refractivity contribution in [3.8, 4) is 0 Å². The second-order valence-corrected chi connectivity index (χ2v) is 5.30. The van der Waals surface area contributed by atoms with Crippen LogP contribution in [-0.4, -0.2) is 23.8 Å². The Morgan fingerprint density at radius 2 is 2.12 bits per heavy atom. The third-order valence-corrected chi connectivity index (χ3v) is 4.06. The van der Waals surface area contributed by atoms with E-state index in [9.17, 15) is 9.90 Å². The number of ether oxygens (including phenoxy) is 1. The predicted octanol–water partition coefficient (Wildman–Crippen LogP) is 2.00. The van der Waals surface area contributed by atoms with Crippen molar-refractivity contribution in [2.45, 2.75) is 25.4 Å². The molecule has 2 fully saturated rings. The minimum atomic E-state index is -0.257. The Labute approximate surface area is 100 Å². The van der Waals surface area contributed by atoms with Crippen LogP contribution in [0.5, 0.6) is 0 Å². The zero-order chi connectivity index (χ0) is 11.9. The zero-order valence-corrected chi connectivity index (χ0v) is 9.63. The number of esters is 1. The fraction of sp³-hybridized carbons (Fsp3) is 0.500. The van der Waals surface area contributed by atoms with Gasteiger partial charge < -0.3 is 9.84 Å². The molecule has 0 heterocycles. The van der Waals surface area contributed by atoms with Crippen molar-refractivity contribution < 1.29 is 14.6 Å². The highest BCUT2D eigenvalue weighted by Gasteiger charge is 2.60. The van der Waals surface area contributed by atoms with E-state index in [1.165, 1.54) is 0 Å². The van der Waals surface area contributed by atoms with Crippen LogP contribution >= 0.6 is 0 Å². The van der Waals surface area contributed by atoms with Crippen LogP contribution in [0.3, 0.4) is 0 Å². The van der Waals surface area contributed by atoms with Gasteiger partial charge in [0.25, 0.3) is 0 Å². The third kappa shape index (κ3) is 1.95. The first-order valence-corrected chi connectivity index (χ1v) is 6.10. The first-order chi connectivity index (χ1) is 8.20. The summed E-state index contributed by atoms with van der Waals surface area (Å²) in [5, 5.41) is 9.54. The third-order valence-electron chi connectivity index (χ3n) is 4.06. The van der Waals surface area contributed by atoms with Crippen molar-refractivity contribution in [2.24, 2.45) is 11.3 Å². The largest absolute Gasteiger partial charge is 0.461 e. The molecule has 2 aliphatic carbocycles. The van der Waals surface area contributed by atoms with E-state index in [2.05, 4.69) is 0 Å². The normalized spacial score (nSPS) is 34.2. The maximum Gasteiger partial charge on any atom is 0.338 e. The highest BCUT2D eigenvalue weighted by Crippen LogP contribution is 2.63. The standard InChI is InChI=1S/C14H16O3/c15-12-6-11-7-14(11,8-12)9-17-13(16)10-4-2-1-3-5-10/h1-5,11-12,15H,6-9H2/t11-,12?,14-/m1/s1. The number of aliphatic hydroxyl groups is 1. The van der Waals surface area contributed by atoms with E-state index in [1.54, 1.807) is 12.1 Å². The Bertz CT molecular complexity index is 428. The van der Waals surface area contributed by atoms with E-state index < -0.39 is 0 Å². The Hall–Kier alpha value is -1.35. The van der Waals surface area contributed by atoms with Gasteiger partial charge in [-0.25, -0.2) is 4.79 Å². The molecule has 0 aliphatic heterocycles. The van der Waals surface area contributed by atoms with E-state index in [4.69, 9.17) is 4.74 Å². The van der Waals surface area contributed by atoms with E-state index in [-0.39, 0.29) is 17.5 Å². The molecule has 1 aromatic carbocycles. The lowest BCUT2D eigenvalue weighted by Gasteiger charge is -2.13. The lowest BCUT2D eigenvalue weighted by atomic mass is 10.0. The molecule has 0 bridgehead atoms. The van der Waals surface area contributed by atoms with E-state index in [0.29, 0.717) is 18.1 Å². The molecule has 3 rings (SSSR count). The lowest BCUT2D eigenvalue weighted by Crippen LogP contribution is -2.17. The molecule has 2 aliphatic rings. The van der Waals surface area contributed by atoms with Gasteiger partial charge >= 0.3 is 5.97 Å². The van der Waals surface area contributed by atoms with E-state index in [1.807, 2.05) is 18.2 Å². The molecule has 1 N–H and O–H groups in total. The van der Waals surface area contributed by atoms with Crippen molar-refractivity contribution in [1.82, 2.24) is 0 Å². The molecule has 0 aromatic heterocycles. The van der Waals surface area contributed by atoms with Crippen molar-refractivity contribution in [3.63, 3.8) is 0 Å². The Morgan fingerprint density at radius 3 is 2.76 bits per heavy atom. The van der Waals surface area contributed by atoms with Gasteiger partial charge in [0.15, 0.2) is 0 Å². The second kappa shape index (κ2) is 3.84. The molecular weight excluding hydrogens is 216 g/mol. The molecule has 3 nitrogen and oxygen atoms in total. The topological polar surface area (TPSA) is 46.5 Å². The van der Waals surface area contributed by atoms with Crippen molar-refractivity contribution in [1.29, 1.82) is 0 Å². The minimum Gasteiger partial charge on any atom is -0.461 e. The summed E-state index contributed by atoms with van der Waals surface area (Å²) >= 11 is 0. The molecule has 3 atom stereocenters. The fourth-order valence-electron chi connectivity index (χ4n) is 3.00. The van der Waals surface area contributed by atoms with Gasteiger partial charge in [-0.15, -0.1) is 0 Å².